The van der Waals surface area contributed by atoms with E-state index < -0.39 is 10.0 Å². The van der Waals surface area contributed by atoms with Crippen molar-refractivity contribution < 1.29 is 17.9 Å². The summed E-state index contributed by atoms with van der Waals surface area (Å²) in [6, 6.07) is 1.35. The van der Waals surface area contributed by atoms with Crippen LogP contribution >= 0.6 is 0 Å². The molecule has 0 aliphatic carbocycles. The van der Waals surface area contributed by atoms with E-state index in [1.165, 1.54) is 6.07 Å². The van der Waals surface area contributed by atoms with E-state index in [4.69, 9.17) is 9.52 Å². The molecule has 0 unspecified atom stereocenters. The van der Waals surface area contributed by atoms with Gasteiger partial charge in [0.2, 0.25) is 0 Å². The molecule has 1 fully saturated rings. The van der Waals surface area contributed by atoms with Crippen LogP contribution in [0.1, 0.15) is 11.5 Å². The van der Waals surface area contributed by atoms with Gasteiger partial charge in [0.05, 0.1) is 0 Å². The van der Waals surface area contributed by atoms with E-state index in [0.29, 0.717) is 13.1 Å². The molecular weight excluding hydrogens is 270 g/mol. The SMILES string of the molecule is Cc1oc(CO)cc1S(=O)(=O)NN1CCN(C)CC1. The molecule has 2 N–H and O–H groups in total. The lowest BCUT2D eigenvalue weighted by atomic mass is 10.4. The quantitative estimate of drug-likeness (QED) is 0.779. The smallest absolute Gasteiger partial charge is 0.256 e. The lowest BCUT2D eigenvalue weighted by Crippen LogP contribution is -2.52. The van der Waals surface area contributed by atoms with Crippen LogP contribution in [0.2, 0.25) is 0 Å². The standard InChI is InChI=1S/C11H19N3O4S/c1-9-11(7-10(8-15)18-9)19(16,17)12-14-5-3-13(2)4-6-14/h7,12,15H,3-6,8H2,1-2H3. The van der Waals surface area contributed by atoms with Crippen molar-refractivity contribution in [2.24, 2.45) is 0 Å². The van der Waals surface area contributed by atoms with Gasteiger partial charge in [0.1, 0.15) is 23.0 Å². The van der Waals surface area contributed by atoms with Crippen molar-refractivity contribution in [2.75, 3.05) is 33.2 Å². The Bertz CT molecular complexity index is 532. The van der Waals surface area contributed by atoms with E-state index in [1.54, 1.807) is 11.9 Å². The van der Waals surface area contributed by atoms with Crippen molar-refractivity contribution in [1.82, 2.24) is 14.7 Å². The predicted octanol–water partition coefficient (Wildman–Crippen LogP) is -0.479. The number of rotatable bonds is 4. The van der Waals surface area contributed by atoms with Crippen molar-refractivity contribution in [3.63, 3.8) is 0 Å². The second-order valence-corrected chi connectivity index (χ2v) is 6.31. The van der Waals surface area contributed by atoms with Gasteiger partial charge in [-0.15, -0.1) is 4.83 Å². The van der Waals surface area contributed by atoms with Crippen molar-refractivity contribution in [2.45, 2.75) is 18.4 Å². The molecule has 0 saturated carbocycles. The summed E-state index contributed by atoms with van der Waals surface area (Å²) in [6.07, 6.45) is 0. The monoisotopic (exact) mass is 289 g/mol. The maximum absolute atomic E-state index is 12.2. The van der Waals surface area contributed by atoms with E-state index in [9.17, 15) is 8.42 Å². The summed E-state index contributed by atoms with van der Waals surface area (Å²) in [5, 5.41) is 10.6. The fraction of sp³-hybridized carbons (Fsp3) is 0.636. The summed E-state index contributed by atoms with van der Waals surface area (Å²) in [7, 11) is -1.65. The minimum Gasteiger partial charge on any atom is -0.462 e. The lowest BCUT2D eigenvalue weighted by Gasteiger charge is -2.31. The number of nitrogens with zero attached hydrogens (tertiary/aromatic N) is 2. The molecule has 8 heteroatoms. The molecular formula is C11H19N3O4S. The van der Waals surface area contributed by atoms with Gasteiger partial charge < -0.3 is 14.4 Å². The Morgan fingerprint density at radius 2 is 2.00 bits per heavy atom. The Morgan fingerprint density at radius 3 is 2.53 bits per heavy atom. The van der Waals surface area contributed by atoms with Gasteiger partial charge in [-0.3, -0.25) is 0 Å². The summed E-state index contributed by atoms with van der Waals surface area (Å²) >= 11 is 0. The fourth-order valence-electron chi connectivity index (χ4n) is 1.99. The highest BCUT2D eigenvalue weighted by molar-refractivity contribution is 7.89. The van der Waals surface area contributed by atoms with Crippen molar-refractivity contribution in [1.29, 1.82) is 0 Å². The molecule has 7 nitrogen and oxygen atoms in total. The molecule has 0 spiro atoms. The van der Waals surface area contributed by atoms with Crippen LogP contribution in [-0.2, 0) is 16.6 Å². The van der Waals surface area contributed by atoms with Gasteiger partial charge in [0, 0.05) is 32.2 Å². The Kier molecular flexibility index (Phi) is 4.26. The van der Waals surface area contributed by atoms with Crippen LogP contribution in [0.3, 0.4) is 0 Å². The maximum Gasteiger partial charge on any atom is 0.256 e. The number of nitrogens with one attached hydrogen (secondary N) is 1. The Labute approximate surface area is 112 Å². The van der Waals surface area contributed by atoms with Gasteiger partial charge in [-0.05, 0) is 14.0 Å². The topological polar surface area (TPSA) is 86.0 Å². The van der Waals surface area contributed by atoms with Gasteiger partial charge in [-0.25, -0.2) is 13.4 Å². The van der Waals surface area contributed by atoms with Crippen LogP contribution in [0.15, 0.2) is 15.4 Å². The molecule has 0 radical (unpaired) electrons. The minimum absolute atomic E-state index is 0.0791. The average molecular weight is 289 g/mol. The van der Waals surface area contributed by atoms with Crippen LogP contribution in [0, 0.1) is 6.92 Å². The molecule has 2 heterocycles. The third kappa shape index (κ3) is 3.34. The molecule has 1 aromatic heterocycles. The predicted molar refractivity (Wildman–Crippen MR) is 68.8 cm³/mol. The first-order valence-corrected chi connectivity index (χ1v) is 7.57. The zero-order chi connectivity index (χ0) is 14.0. The molecule has 0 atom stereocenters. The maximum atomic E-state index is 12.2. The third-order valence-corrected chi connectivity index (χ3v) is 4.60. The van der Waals surface area contributed by atoms with Crippen molar-refractivity contribution in [3.05, 3.63) is 17.6 Å². The normalized spacial score (nSPS) is 18.9. The number of aryl methyl sites for hydroxylation is 1. The first-order chi connectivity index (χ1) is 8.92. The highest BCUT2D eigenvalue weighted by atomic mass is 32.2. The molecule has 19 heavy (non-hydrogen) atoms. The second kappa shape index (κ2) is 5.59. The number of hydrogen-bond acceptors (Lipinski definition) is 6. The average Bonchev–Trinajstić information content (AvgIpc) is 2.74. The molecule has 0 bridgehead atoms. The highest BCUT2D eigenvalue weighted by Gasteiger charge is 2.25. The van der Waals surface area contributed by atoms with Crippen LogP contribution < -0.4 is 4.83 Å². The molecule has 0 aromatic carbocycles. The Morgan fingerprint density at radius 1 is 1.37 bits per heavy atom. The summed E-state index contributed by atoms with van der Waals surface area (Å²) < 4.78 is 29.6. The van der Waals surface area contributed by atoms with E-state index in [0.717, 1.165) is 13.1 Å². The summed E-state index contributed by atoms with van der Waals surface area (Å²) in [5.74, 6) is 0.530. The molecule has 2 rings (SSSR count). The molecule has 1 saturated heterocycles. The third-order valence-electron chi connectivity index (χ3n) is 3.12. The van der Waals surface area contributed by atoms with Gasteiger partial charge >= 0.3 is 0 Å². The zero-order valence-electron chi connectivity index (χ0n) is 11.1. The number of sulfonamides is 1. The van der Waals surface area contributed by atoms with E-state index in [-0.39, 0.29) is 23.0 Å². The molecule has 1 aliphatic rings. The summed E-state index contributed by atoms with van der Waals surface area (Å²) in [4.78, 5) is 4.76. The highest BCUT2D eigenvalue weighted by Crippen LogP contribution is 2.20. The fourth-order valence-corrected chi connectivity index (χ4v) is 3.31. The number of likely N-dealkylation sites (N-methyl/N-ethyl adjacent to an activating group) is 1. The lowest BCUT2D eigenvalue weighted by molar-refractivity contribution is 0.134. The largest absolute Gasteiger partial charge is 0.462 e. The summed E-state index contributed by atoms with van der Waals surface area (Å²) in [6.45, 7) is 4.16. The Balaban J connectivity index is 2.11. The number of furan rings is 1. The molecule has 1 aromatic rings. The van der Waals surface area contributed by atoms with Gasteiger partial charge in [-0.2, -0.15) is 0 Å². The van der Waals surface area contributed by atoms with Crippen LogP contribution in [0.4, 0.5) is 0 Å². The van der Waals surface area contributed by atoms with E-state index >= 15 is 0 Å². The second-order valence-electron chi connectivity index (χ2n) is 4.68. The first-order valence-electron chi connectivity index (χ1n) is 6.08. The molecule has 1 aliphatic heterocycles. The first kappa shape index (κ1) is 14.5. The molecule has 108 valence electrons. The van der Waals surface area contributed by atoms with Crippen LogP contribution in [-0.4, -0.2) is 56.7 Å². The minimum atomic E-state index is -3.64. The van der Waals surface area contributed by atoms with Gasteiger partial charge in [0.15, 0.2) is 0 Å². The number of piperazine rings is 1. The number of aliphatic hydroxyl groups excluding tert-OH is 1. The van der Waals surface area contributed by atoms with Crippen LogP contribution in [0.5, 0.6) is 0 Å². The zero-order valence-corrected chi connectivity index (χ0v) is 11.9. The van der Waals surface area contributed by atoms with Crippen molar-refractivity contribution in [3.8, 4) is 0 Å². The molecule has 0 amide bonds. The van der Waals surface area contributed by atoms with E-state index in [2.05, 4.69) is 9.73 Å². The van der Waals surface area contributed by atoms with Crippen molar-refractivity contribution >= 4 is 10.0 Å². The van der Waals surface area contributed by atoms with Crippen LogP contribution in [0.25, 0.3) is 0 Å². The van der Waals surface area contributed by atoms with Gasteiger partial charge in [-0.1, -0.05) is 0 Å². The Hall–Kier alpha value is -0.930. The summed E-state index contributed by atoms with van der Waals surface area (Å²) in [5.41, 5.74) is 0. The number of hydrogen-bond donors (Lipinski definition) is 2. The van der Waals surface area contributed by atoms with Gasteiger partial charge in [0.25, 0.3) is 10.0 Å². The number of hydrazine groups is 1. The van der Waals surface area contributed by atoms with E-state index in [1.807, 2.05) is 7.05 Å². The number of aliphatic hydroxyl groups is 1.